The molecule has 2 aliphatic heterocycles. The summed E-state index contributed by atoms with van der Waals surface area (Å²) in [5.41, 5.74) is -0.524. The molecule has 6 heteroatoms. The minimum atomic E-state index is -0.982. The van der Waals surface area contributed by atoms with Crippen LogP contribution < -0.4 is 0 Å². The Morgan fingerprint density at radius 3 is 2.68 bits per heavy atom. The number of thioether (sulfide) groups is 1. The van der Waals surface area contributed by atoms with E-state index < -0.39 is 23.7 Å². The summed E-state index contributed by atoms with van der Waals surface area (Å²) in [6.45, 7) is 0.505. The maximum Gasteiger partial charge on any atom is 0.147 e. The molecule has 3 rings (SSSR count). The number of ether oxygens (including phenoxy) is 3. The van der Waals surface area contributed by atoms with Crippen LogP contribution >= 0.6 is 11.8 Å². The van der Waals surface area contributed by atoms with E-state index in [-0.39, 0.29) is 12.9 Å². The van der Waals surface area contributed by atoms with Crippen molar-refractivity contribution in [3.8, 4) is 0 Å². The Morgan fingerprint density at radius 2 is 1.89 bits per heavy atom. The van der Waals surface area contributed by atoms with Gasteiger partial charge in [-0.1, -0.05) is 30.0 Å². The standard InChI is InChI=1S/C13H16O5S/c14-10-11(15)13(19-8-4-2-1-3-5-8)18-9-6-16-7-17-12(9)10/h1-5,9-15H,6-7H2. The molecule has 0 radical (unpaired) electrons. The van der Waals surface area contributed by atoms with Crippen LogP contribution in [0.15, 0.2) is 35.2 Å². The van der Waals surface area contributed by atoms with Gasteiger partial charge < -0.3 is 24.4 Å². The third-order valence-electron chi connectivity index (χ3n) is 3.26. The molecule has 5 nitrogen and oxygen atoms in total. The van der Waals surface area contributed by atoms with Gasteiger partial charge in [0.05, 0.1) is 6.61 Å². The lowest BCUT2D eigenvalue weighted by Crippen LogP contribution is -2.60. The first-order valence-corrected chi connectivity index (χ1v) is 7.06. The Balaban J connectivity index is 1.71. The van der Waals surface area contributed by atoms with Crippen LogP contribution in [0.2, 0.25) is 0 Å². The van der Waals surface area contributed by atoms with Crippen LogP contribution in [-0.2, 0) is 14.2 Å². The predicted octanol–water partition coefficient (Wildman–Crippen LogP) is 0.598. The minimum absolute atomic E-state index is 0.130. The van der Waals surface area contributed by atoms with Crippen LogP contribution in [0.25, 0.3) is 0 Å². The summed E-state index contributed by atoms with van der Waals surface area (Å²) in [6.07, 6.45) is -2.79. The SMILES string of the molecule is OC1C(Sc2ccccc2)OC2COCOC2C1O. The van der Waals surface area contributed by atoms with Gasteiger partial charge in [-0.25, -0.2) is 0 Å². The highest BCUT2D eigenvalue weighted by Crippen LogP contribution is 2.35. The van der Waals surface area contributed by atoms with E-state index in [1.165, 1.54) is 11.8 Å². The number of aliphatic hydroxyl groups is 2. The van der Waals surface area contributed by atoms with E-state index in [4.69, 9.17) is 14.2 Å². The Bertz CT molecular complexity index is 413. The molecule has 0 aromatic heterocycles. The van der Waals surface area contributed by atoms with E-state index in [0.29, 0.717) is 6.61 Å². The molecule has 0 amide bonds. The molecule has 2 N–H and O–H groups in total. The van der Waals surface area contributed by atoms with Gasteiger partial charge in [-0.15, -0.1) is 0 Å². The number of hydrogen-bond donors (Lipinski definition) is 2. The van der Waals surface area contributed by atoms with Crippen molar-refractivity contribution in [1.82, 2.24) is 0 Å². The molecule has 0 bridgehead atoms. The molecule has 2 saturated heterocycles. The second-order valence-electron chi connectivity index (χ2n) is 4.57. The van der Waals surface area contributed by atoms with Gasteiger partial charge in [0.25, 0.3) is 0 Å². The number of hydrogen-bond acceptors (Lipinski definition) is 6. The number of benzene rings is 1. The highest BCUT2D eigenvalue weighted by Gasteiger charge is 2.47. The van der Waals surface area contributed by atoms with Crippen molar-refractivity contribution in [1.29, 1.82) is 0 Å². The van der Waals surface area contributed by atoms with E-state index in [0.717, 1.165) is 4.90 Å². The molecule has 5 atom stereocenters. The van der Waals surface area contributed by atoms with Gasteiger partial charge in [0, 0.05) is 4.90 Å². The van der Waals surface area contributed by atoms with Gasteiger partial charge >= 0.3 is 0 Å². The van der Waals surface area contributed by atoms with Crippen LogP contribution in [0, 0.1) is 0 Å². The van der Waals surface area contributed by atoms with Gasteiger partial charge in [-0.2, -0.15) is 0 Å². The Kier molecular flexibility index (Phi) is 4.07. The smallest absolute Gasteiger partial charge is 0.147 e. The van der Waals surface area contributed by atoms with E-state index in [1.54, 1.807) is 0 Å². The van der Waals surface area contributed by atoms with E-state index in [9.17, 15) is 10.2 Å². The van der Waals surface area contributed by atoms with E-state index >= 15 is 0 Å². The third-order valence-corrected chi connectivity index (χ3v) is 4.43. The zero-order valence-corrected chi connectivity index (χ0v) is 11.0. The average Bonchev–Trinajstić information content (AvgIpc) is 2.46. The zero-order chi connectivity index (χ0) is 13.2. The van der Waals surface area contributed by atoms with Gasteiger partial charge in [0.1, 0.15) is 36.6 Å². The molecule has 0 aliphatic carbocycles. The summed E-state index contributed by atoms with van der Waals surface area (Å²) in [4.78, 5) is 0.981. The van der Waals surface area contributed by atoms with Crippen molar-refractivity contribution in [3.05, 3.63) is 30.3 Å². The Morgan fingerprint density at radius 1 is 1.11 bits per heavy atom. The van der Waals surface area contributed by atoms with Gasteiger partial charge in [-0.3, -0.25) is 0 Å². The van der Waals surface area contributed by atoms with Crippen LogP contribution in [0.4, 0.5) is 0 Å². The second kappa shape index (κ2) is 5.78. The minimum Gasteiger partial charge on any atom is -0.387 e. The largest absolute Gasteiger partial charge is 0.387 e. The van der Waals surface area contributed by atoms with E-state index in [2.05, 4.69) is 0 Å². The second-order valence-corrected chi connectivity index (χ2v) is 5.75. The Hall–Kier alpha value is -0.630. The lowest BCUT2D eigenvalue weighted by Gasteiger charge is -2.44. The first kappa shape index (κ1) is 13.4. The molecule has 1 aromatic rings. The predicted molar refractivity (Wildman–Crippen MR) is 68.7 cm³/mol. The number of fused-ring (bicyclic) bond motifs is 1. The average molecular weight is 284 g/mol. The molecule has 1 aromatic carbocycles. The fourth-order valence-electron chi connectivity index (χ4n) is 2.27. The normalized spacial score (nSPS) is 38.7. The summed E-state index contributed by atoms with van der Waals surface area (Å²) in [7, 11) is 0. The van der Waals surface area contributed by atoms with Crippen LogP contribution in [-0.4, -0.2) is 53.5 Å². The maximum atomic E-state index is 10.1. The molecular formula is C13H16O5S. The molecule has 2 heterocycles. The molecule has 2 aliphatic rings. The van der Waals surface area contributed by atoms with Gasteiger partial charge in [0.15, 0.2) is 0 Å². The third kappa shape index (κ3) is 2.79. The Labute approximate surface area is 115 Å². The van der Waals surface area contributed by atoms with Crippen molar-refractivity contribution < 1.29 is 24.4 Å². The van der Waals surface area contributed by atoms with Crippen molar-refractivity contribution >= 4 is 11.8 Å². The fraction of sp³-hybridized carbons (Fsp3) is 0.538. The highest BCUT2D eigenvalue weighted by molar-refractivity contribution is 7.99. The van der Waals surface area contributed by atoms with Crippen molar-refractivity contribution in [3.63, 3.8) is 0 Å². The first-order chi connectivity index (χ1) is 9.25. The molecule has 0 spiro atoms. The lowest BCUT2D eigenvalue weighted by atomic mass is 10.00. The van der Waals surface area contributed by atoms with Crippen molar-refractivity contribution in [2.24, 2.45) is 0 Å². The fourth-order valence-corrected chi connectivity index (χ4v) is 3.35. The topological polar surface area (TPSA) is 68.2 Å². The zero-order valence-electron chi connectivity index (χ0n) is 10.2. The molecule has 5 unspecified atom stereocenters. The molecule has 19 heavy (non-hydrogen) atoms. The highest BCUT2D eigenvalue weighted by atomic mass is 32.2. The summed E-state index contributed by atoms with van der Waals surface area (Å²) >= 11 is 1.39. The molecule has 2 fully saturated rings. The summed E-state index contributed by atoms with van der Waals surface area (Å²) in [5.74, 6) is 0. The quantitative estimate of drug-likeness (QED) is 0.829. The maximum absolute atomic E-state index is 10.1. The number of aliphatic hydroxyl groups excluding tert-OH is 2. The molecule has 104 valence electrons. The molecule has 0 saturated carbocycles. The number of rotatable bonds is 2. The van der Waals surface area contributed by atoms with E-state index in [1.807, 2.05) is 30.3 Å². The van der Waals surface area contributed by atoms with Crippen LogP contribution in [0.5, 0.6) is 0 Å². The van der Waals surface area contributed by atoms with Crippen molar-refractivity contribution in [2.75, 3.05) is 13.4 Å². The molecular weight excluding hydrogens is 268 g/mol. The van der Waals surface area contributed by atoms with Crippen LogP contribution in [0.1, 0.15) is 0 Å². The first-order valence-electron chi connectivity index (χ1n) is 6.18. The van der Waals surface area contributed by atoms with Crippen LogP contribution in [0.3, 0.4) is 0 Å². The summed E-state index contributed by atoms with van der Waals surface area (Å²) in [6, 6.07) is 9.64. The van der Waals surface area contributed by atoms with Gasteiger partial charge in [0.2, 0.25) is 0 Å². The lowest BCUT2D eigenvalue weighted by molar-refractivity contribution is -0.280. The monoisotopic (exact) mass is 284 g/mol. The van der Waals surface area contributed by atoms with Crippen molar-refractivity contribution in [2.45, 2.75) is 34.7 Å². The van der Waals surface area contributed by atoms with Gasteiger partial charge in [-0.05, 0) is 12.1 Å². The summed E-state index contributed by atoms with van der Waals surface area (Å²) < 4.78 is 16.2. The summed E-state index contributed by atoms with van der Waals surface area (Å²) in [5, 5.41) is 20.2.